The third-order valence-corrected chi connectivity index (χ3v) is 4.82. The molecule has 3 aromatic heterocycles. The van der Waals surface area contributed by atoms with E-state index in [0.717, 1.165) is 17.2 Å². The second-order valence-corrected chi connectivity index (χ2v) is 6.44. The number of carbonyl (C=O) groups excluding carboxylic acids is 1. The van der Waals surface area contributed by atoms with Crippen molar-refractivity contribution >= 4 is 28.6 Å². The number of carbonyl (C=O) groups is 1. The number of thiophene rings is 1. The summed E-state index contributed by atoms with van der Waals surface area (Å²) in [6, 6.07) is 8.03. The lowest BCUT2D eigenvalue weighted by Gasteiger charge is -2.02. The second kappa shape index (κ2) is 6.69. The summed E-state index contributed by atoms with van der Waals surface area (Å²) in [5.74, 6) is 0.0240. The van der Waals surface area contributed by atoms with Gasteiger partial charge in [-0.3, -0.25) is 4.79 Å². The Labute approximate surface area is 131 Å². The van der Waals surface area contributed by atoms with Crippen LogP contribution in [0.2, 0.25) is 0 Å². The molecule has 3 rings (SSSR count). The van der Waals surface area contributed by atoms with Gasteiger partial charge in [0.2, 0.25) is 5.91 Å². The van der Waals surface area contributed by atoms with Gasteiger partial charge >= 0.3 is 0 Å². The highest BCUT2D eigenvalue weighted by atomic mass is 32.1. The third-order valence-electron chi connectivity index (χ3n) is 2.98. The first-order valence-corrected chi connectivity index (χ1v) is 8.44. The van der Waals surface area contributed by atoms with Crippen LogP contribution in [0.15, 0.2) is 47.4 Å². The predicted molar refractivity (Wildman–Crippen MR) is 86.2 cm³/mol. The number of nitrogens with one attached hydrogen (secondary N) is 1. The minimum absolute atomic E-state index is 0.0240. The van der Waals surface area contributed by atoms with Crippen LogP contribution < -0.4 is 5.32 Å². The molecule has 0 aliphatic heterocycles. The average Bonchev–Trinajstić information content (AvgIpc) is 3.21. The van der Waals surface area contributed by atoms with E-state index < -0.39 is 0 Å². The van der Waals surface area contributed by atoms with Crippen molar-refractivity contribution in [3.05, 3.63) is 58.0 Å². The summed E-state index contributed by atoms with van der Waals surface area (Å²) in [4.78, 5) is 17.7. The molecule has 0 aliphatic rings. The lowest BCUT2D eigenvalue weighted by Crippen LogP contribution is -2.27. The van der Waals surface area contributed by atoms with Crippen LogP contribution >= 0.6 is 22.7 Å². The molecule has 108 valence electrons. The Kier molecular flexibility index (Phi) is 4.47. The highest BCUT2D eigenvalue weighted by Gasteiger charge is 2.08. The number of rotatable bonds is 6. The van der Waals surface area contributed by atoms with E-state index in [-0.39, 0.29) is 5.91 Å². The molecule has 0 fully saturated rings. The Morgan fingerprint density at radius 1 is 1.24 bits per heavy atom. The van der Waals surface area contributed by atoms with E-state index in [9.17, 15) is 4.79 Å². The van der Waals surface area contributed by atoms with Gasteiger partial charge in [0.25, 0.3) is 0 Å². The Hall–Kier alpha value is -1.92. The Morgan fingerprint density at radius 3 is 2.86 bits per heavy atom. The molecule has 0 aromatic carbocycles. The summed E-state index contributed by atoms with van der Waals surface area (Å²) in [5.41, 5.74) is 0.817. The zero-order chi connectivity index (χ0) is 14.5. The molecular formula is C15H15N3OS2. The first-order valence-electron chi connectivity index (χ1n) is 6.68. The molecule has 0 bridgehead atoms. The molecular weight excluding hydrogens is 302 g/mol. The fourth-order valence-electron chi connectivity index (χ4n) is 1.97. The van der Waals surface area contributed by atoms with Gasteiger partial charge in [-0.25, -0.2) is 4.98 Å². The van der Waals surface area contributed by atoms with E-state index in [0.29, 0.717) is 13.0 Å². The molecule has 3 aromatic rings. The van der Waals surface area contributed by atoms with E-state index in [1.54, 1.807) is 22.7 Å². The maximum atomic E-state index is 11.9. The number of aromatic nitrogens is 2. The highest BCUT2D eigenvalue weighted by Crippen LogP contribution is 2.15. The minimum Gasteiger partial charge on any atom is -0.355 e. The van der Waals surface area contributed by atoms with Crippen molar-refractivity contribution in [3.8, 4) is 5.13 Å². The fraction of sp³-hybridized carbons (Fsp3) is 0.200. The molecule has 0 saturated carbocycles. The summed E-state index contributed by atoms with van der Waals surface area (Å²) >= 11 is 3.26. The van der Waals surface area contributed by atoms with E-state index in [4.69, 9.17) is 0 Å². The van der Waals surface area contributed by atoms with Crippen molar-refractivity contribution in [2.24, 2.45) is 0 Å². The van der Waals surface area contributed by atoms with Crippen LogP contribution in [0.1, 0.15) is 10.6 Å². The topological polar surface area (TPSA) is 46.9 Å². The molecule has 0 saturated heterocycles. The van der Waals surface area contributed by atoms with E-state index in [1.807, 2.05) is 40.5 Å². The second-order valence-electron chi connectivity index (χ2n) is 4.57. The fourth-order valence-corrected chi connectivity index (χ4v) is 3.46. The van der Waals surface area contributed by atoms with Crippen LogP contribution in [0.25, 0.3) is 5.13 Å². The molecule has 21 heavy (non-hydrogen) atoms. The molecule has 1 amide bonds. The van der Waals surface area contributed by atoms with Crippen LogP contribution in [0, 0.1) is 0 Å². The maximum absolute atomic E-state index is 11.9. The number of hydrogen-bond acceptors (Lipinski definition) is 4. The normalized spacial score (nSPS) is 10.7. The number of amides is 1. The van der Waals surface area contributed by atoms with Gasteiger partial charge in [-0.2, -0.15) is 0 Å². The lowest BCUT2D eigenvalue weighted by molar-refractivity contribution is -0.120. The van der Waals surface area contributed by atoms with Crippen molar-refractivity contribution in [2.45, 2.75) is 12.8 Å². The monoisotopic (exact) mass is 317 g/mol. The molecule has 0 unspecified atom stereocenters. The van der Waals surface area contributed by atoms with Crippen molar-refractivity contribution in [2.75, 3.05) is 6.54 Å². The van der Waals surface area contributed by atoms with Gasteiger partial charge in [0.15, 0.2) is 5.13 Å². The molecule has 0 spiro atoms. The summed E-state index contributed by atoms with van der Waals surface area (Å²) in [7, 11) is 0. The van der Waals surface area contributed by atoms with Crippen molar-refractivity contribution in [3.63, 3.8) is 0 Å². The van der Waals surface area contributed by atoms with Crippen LogP contribution in [-0.4, -0.2) is 22.0 Å². The van der Waals surface area contributed by atoms with Gasteiger partial charge in [-0.1, -0.05) is 6.07 Å². The zero-order valence-electron chi connectivity index (χ0n) is 11.4. The average molecular weight is 317 g/mol. The summed E-state index contributed by atoms with van der Waals surface area (Å²) in [6.07, 6.45) is 5.12. The first-order chi connectivity index (χ1) is 10.3. The molecule has 0 atom stereocenters. The number of hydrogen-bond donors (Lipinski definition) is 1. The Bertz CT molecular complexity index is 686. The maximum Gasteiger partial charge on any atom is 0.226 e. The minimum atomic E-state index is 0.0240. The van der Waals surface area contributed by atoms with Crippen molar-refractivity contribution in [1.82, 2.24) is 14.9 Å². The van der Waals surface area contributed by atoms with Crippen LogP contribution in [0.3, 0.4) is 0 Å². The van der Waals surface area contributed by atoms with Crippen LogP contribution in [0.4, 0.5) is 0 Å². The first kappa shape index (κ1) is 14.0. The SMILES string of the molecule is O=C(Cc1csc(-n2cccc2)n1)NCCc1cccs1. The Morgan fingerprint density at radius 2 is 2.10 bits per heavy atom. The molecule has 6 heteroatoms. The van der Waals surface area contributed by atoms with Gasteiger partial charge in [-0.05, 0) is 30.0 Å². The predicted octanol–water partition coefficient (Wildman–Crippen LogP) is 2.90. The molecule has 0 aliphatic carbocycles. The number of nitrogens with zero attached hydrogens (tertiary/aromatic N) is 2. The Balaban J connectivity index is 1.48. The zero-order valence-corrected chi connectivity index (χ0v) is 13.0. The van der Waals surface area contributed by atoms with Crippen molar-refractivity contribution in [1.29, 1.82) is 0 Å². The molecule has 0 radical (unpaired) electrons. The summed E-state index contributed by atoms with van der Waals surface area (Å²) in [6.45, 7) is 0.675. The molecule has 3 heterocycles. The van der Waals surface area contributed by atoms with E-state index >= 15 is 0 Å². The number of thiazole rings is 1. The van der Waals surface area contributed by atoms with Gasteiger partial charge in [0.1, 0.15) is 0 Å². The quantitative estimate of drug-likeness (QED) is 0.760. The van der Waals surface area contributed by atoms with Gasteiger partial charge in [0.05, 0.1) is 12.1 Å². The van der Waals surface area contributed by atoms with E-state index in [1.165, 1.54) is 4.88 Å². The molecule has 4 nitrogen and oxygen atoms in total. The van der Waals surface area contributed by atoms with Gasteiger partial charge < -0.3 is 9.88 Å². The lowest BCUT2D eigenvalue weighted by atomic mass is 10.3. The standard InChI is InChI=1S/C15H15N3OS2/c19-14(16-6-5-13-4-3-9-20-13)10-12-11-21-15(17-12)18-7-1-2-8-18/h1-4,7-9,11H,5-6,10H2,(H,16,19). The van der Waals surface area contributed by atoms with Crippen LogP contribution in [-0.2, 0) is 17.6 Å². The van der Waals surface area contributed by atoms with Crippen molar-refractivity contribution < 1.29 is 4.79 Å². The van der Waals surface area contributed by atoms with Gasteiger partial charge in [-0.15, -0.1) is 22.7 Å². The summed E-state index contributed by atoms with van der Waals surface area (Å²) in [5, 5.41) is 7.82. The smallest absolute Gasteiger partial charge is 0.226 e. The highest BCUT2D eigenvalue weighted by molar-refractivity contribution is 7.12. The largest absolute Gasteiger partial charge is 0.355 e. The molecule has 1 N–H and O–H groups in total. The van der Waals surface area contributed by atoms with E-state index in [2.05, 4.69) is 21.7 Å². The third kappa shape index (κ3) is 3.80. The van der Waals surface area contributed by atoms with Gasteiger partial charge in [0, 0.05) is 29.2 Å². The van der Waals surface area contributed by atoms with Crippen LogP contribution in [0.5, 0.6) is 0 Å². The summed E-state index contributed by atoms with van der Waals surface area (Å²) < 4.78 is 1.95.